The van der Waals surface area contributed by atoms with E-state index in [9.17, 15) is 0 Å². The van der Waals surface area contributed by atoms with Crippen molar-refractivity contribution < 1.29 is 14.4 Å². The number of nitrogens with zero attached hydrogens (tertiary/aromatic N) is 1. The van der Waals surface area contributed by atoms with Crippen molar-refractivity contribution in [3.05, 3.63) is 60.2 Å². The number of ether oxygens (including phenoxy) is 2. The Bertz CT molecular complexity index is 790. The SMILES string of the molecule is COc1ccc(NC(=S)N/N=C(/C)[C@@H](c2ccccc2)[NH+]2CCOCC2)cc1. The zero-order valence-electron chi connectivity index (χ0n) is 16.3. The fourth-order valence-corrected chi connectivity index (χ4v) is 3.54. The molecule has 6 nitrogen and oxygen atoms in total. The van der Waals surface area contributed by atoms with Gasteiger partial charge >= 0.3 is 0 Å². The van der Waals surface area contributed by atoms with Gasteiger partial charge in [-0.3, -0.25) is 5.43 Å². The minimum absolute atomic E-state index is 0.168. The van der Waals surface area contributed by atoms with Gasteiger partial charge in [-0.1, -0.05) is 30.3 Å². The number of quaternary nitrogens is 1. The van der Waals surface area contributed by atoms with E-state index >= 15 is 0 Å². The van der Waals surface area contributed by atoms with Crippen molar-refractivity contribution >= 4 is 28.7 Å². The molecule has 3 rings (SSSR count). The second kappa shape index (κ2) is 10.2. The van der Waals surface area contributed by atoms with E-state index in [0.29, 0.717) is 5.11 Å². The topological polar surface area (TPSA) is 59.3 Å². The summed E-state index contributed by atoms with van der Waals surface area (Å²) in [5.74, 6) is 0.803. The Morgan fingerprint density at radius 2 is 1.79 bits per heavy atom. The Morgan fingerprint density at radius 3 is 2.43 bits per heavy atom. The standard InChI is InChI=1S/C21H26N4O2S/c1-16(23-24-21(28)22-18-8-10-19(26-2)11-9-18)20(17-6-4-3-5-7-17)25-12-14-27-15-13-25/h3-11,20H,12-15H2,1-2H3,(H2,22,24,28)/p+1/b23-16-/t20-/m0/s1. The minimum atomic E-state index is 0.168. The molecule has 28 heavy (non-hydrogen) atoms. The highest BCUT2D eigenvalue weighted by Gasteiger charge is 2.29. The third-order valence-corrected chi connectivity index (χ3v) is 4.97. The lowest BCUT2D eigenvalue weighted by molar-refractivity contribution is -0.928. The van der Waals surface area contributed by atoms with Gasteiger partial charge in [-0.15, -0.1) is 0 Å². The second-order valence-electron chi connectivity index (χ2n) is 6.66. The van der Waals surface area contributed by atoms with Gasteiger partial charge in [0.2, 0.25) is 0 Å². The van der Waals surface area contributed by atoms with E-state index in [1.54, 1.807) is 7.11 Å². The van der Waals surface area contributed by atoms with Crippen molar-refractivity contribution in [1.82, 2.24) is 5.43 Å². The highest BCUT2D eigenvalue weighted by atomic mass is 32.1. The molecule has 0 aliphatic carbocycles. The van der Waals surface area contributed by atoms with Crippen molar-refractivity contribution in [1.29, 1.82) is 0 Å². The molecule has 1 aliphatic heterocycles. The fourth-order valence-electron chi connectivity index (χ4n) is 3.38. The lowest BCUT2D eigenvalue weighted by Crippen LogP contribution is -3.15. The van der Waals surface area contributed by atoms with Gasteiger partial charge in [-0.2, -0.15) is 5.10 Å². The summed E-state index contributed by atoms with van der Waals surface area (Å²) in [7, 11) is 1.64. The molecule has 0 bridgehead atoms. The highest BCUT2D eigenvalue weighted by Crippen LogP contribution is 2.15. The van der Waals surface area contributed by atoms with Crippen LogP contribution in [0.25, 0.3) is 0 Å². The van der Waals surface area contributed by atoms with Gasteiger partial charge in [-0.25, -0.2) is 0 Å². The number of rotatable bonds is 6. The van der Waals surface area contributed by atoms with Crippen LogP contribution in [0.4, 0.5) is 5.69 Å². The molecular weight excluding hydrogens is 372 g/mol. The smallest absolute Gasteiger partial charge is 0.191 e. The number of morpholine rings is 1. The first-order valence-corrected chi connectivity index (χ1v) is 9.80. The Kier molecular flexibility index (Phi) is 7.36. The van der Waals surface area contributed by atoms with Gasteiger partial charge in [0.1, 0.15) is 18.8 Å². The van der Waals surface area contributed by atoms with Crippen LogP contribution in [0.2, 0.25) is 0 Å². The number of hydrogen-bond donors (Lipinski definition) is 3. The number of hydrogen-bond acceptors (Lipinski definition) is 4. The Morgan fingerprint density at radius 1 is 1.11 bits per heavy atom. The monoisotopic (exact) mass is 399 g/mol. The van der Waals surface area contributed by atoms with E-state index in [1.807, 2.05) is 37.3 Å². The average Bonchev–Trinajstić information content (AvgIpc) is 2.74. The third kappa shape index (κ3) is 5.51. The van der Waals surface area contributed by atoms with Crippen LogP contribution >= 0.6 is 12.2 Å². The van der Waals surface area contributed by atoms with Gasteiger partial charge in [-0.05, 0) is 43.4 Å². The minimum Gasteiger partial charge on any atom is -0.497 e. The summed E-state index contributed by atoms with van der Waals surface area (Å²) in [5.41, 5.74) is 6.10. The molecule has 0 radical (unpaired) electrons. The maximum absolute atomic E-state index is 5.53. The molecule has 0 unspecified atom stereocenters. The molecule has 1 heterocycles. The molecule has 1 fully saturated rings. The van der Waals surface area contributed by atoms with Crippen LogP contribution in [0.15, 0.2) is 59.7 Å². The zero-order chi connectivity index (χ0) is 19.8. The molecule has 2 aromatic carbocycles. The maximum atomic E-state index is 5.53. The van der Waals surface area contributed by atoms with Crippen LogP contribution in [0.3, 0.4) is 0 Å². The Hall–Kier alpha value is -2.48. The van der Waals surface area contributed by atoms with Crippen molar-refractivity contribution in [2.45, 2.75) is 13.0 Å². The fraction of sp³-hybridized carbons (Fsp3) is 0.333. The average molecular weight is 400 g/mol. The van der Waals surface area contributed by atoms with Crippen molar-refractivity contribution in [3.63, 3.8) is 0 Å². The summed E-state index contributed by atoms with van der Waals surface area (Å²) in [5, 5.41) is 8.17. The van der Waals surface area contributed by atoms with Crippen LogP contribution < -0.4 is 20.4 Å². The number of thiocarbonyl (C=S) groups is 1. The molecule has 0 spiro atoms. The third-order valence-electron chi connectivity index (χ3n) is 4.78. The number of anilines is 1. The van der Waals surface area contributed by atoms with Crippen LogP contribution in [0.5, 0.6) is 5.75 Å². The van der Waals surface area contributed by atoms with Gasteiger partial charge < -0.3 is 19.7 Å². The normalized spacial score (nSPS) is 16.3. The summed E-state index contributed by atoms with van der Waals surface area (Å²) >= 11 is 5.39. The predicted molar refractivity (Wildman–Crippen MR) is 116 cm³/mol. The molecule has 1 saturated heterocycles. The van der Waals surface area contributed by atoms with E-state index in [2.05, 4.69) is 40.1 Å². The summed E-state index contributed by atoms with van der Waals surface area (Å²) in [4.78, 5) is 1.45. The number of hydrazone groups is 1. The maximum Gasteiger partial charge on any atom is 0.191 e. The number of nitrogens with one attached hydrogen (secondary N) is 3. The quantitative estimate of drug-likeness (QED) is 0.394. The summed E-state index contributed by atoms with van der Waals surface area (Å²) in [6, 6.07) is 18.2. The summed E-state index contributed by atoms with van der Waals surface area (Å²) < 4.78 is 10.7. The number of methoxy groups -OCH3 is 1. The molecule has 148 valence electrons. The molecule has 3 N–H and O–H groups in total. The van der Waals surface area contributed by atoms with E-state index in [1.165, 1.54) is 10.5 Å². The molecule has 7 heteroatoms. The van der Waals surface area contributed by atoms with Crippen LogP contribution in [0, 0.1) is 0 Å². The Balaban J connectivity index is 1.67. The van der Waals surface area contributed by atoms with Crippen LogP contribution in [0.1, 0.15) is 18.5 Å². The first-order valence-electron chi connectivity index (χ1n) is 9.40. The number of benzene rings is 2. The van der Waals surface area contributed by atoms with Gasteiger partial charge in [0, 0.05) is 11.3 Å². The molecule has 1 atom stereocenters. The van der Waals surface area contributed by atoms with E-state index in [4.69, 9.17) is 21.7 Å². The van der Waals surface area contributed by atoms with Crippen LogP contribution in [-0.2, 0) is 4.74 Å². The van der Waals surface area contributed by atoms with Crippen molar-refractivity contribution in [2.75, 3.05) is 38.7 Å². The highest BCUT2D eigenvalue weighted by molar-refractivity contribution is 7.80. The second-order valence-corrected chi connectivity index (χ2v) is 7.07. The summed E-state index contributed by atoms with van der Waals surface area (Å²) in [6.07, 6.45) is 0. The lowest BCUT2D eigenvalue weighted by atomic mass is 10.0. The van der Waals surface area contributed by atoms with E-state index in [-0.39, 0.29) is 6.04 Å². The predicted octanol–water partition coefficient (Wildman–Crippen LogP) is 2.01. The Labute approximate surface area is 171 Å². The zero-order valence-corrected chi connectivity index (χ0v) is 17.1. The van der Waals surface area contributed by atoms with Gasteiger partial charge in [0.15, 0.2) is 11.2 Å². The summed E-state index contributed by atoms with van der Waals surface area (Å²) in [6.45, 7) is 5.51. The first-order chi connectivity index (χ1) is 13.7. The van der Waals surface area contributed by atoms with E-state index in [0.717, 1.165) is 43.5 Å². The molecular formula is C21H27N4O2S+. The first kappa shape index (κ1) is 20.3. The lowest BCUT2D eigenvalue weighted by Gasteiger charge is -2.31. The van der Waals surface area contributed by atoms with Crippen LogP contribution in [-0.4, -0.2) is 44.2 Å². The molecule has 1 aliphatic rings. The molecule has 2 aromatic rings. The molecule has 0 saturated carbocycles. The molecule has 0 amide bonds. The van der Waals surface area contributed by atoms with Gasteiger partial charge in [0.05, 0.1) is 26.0 Å². The van der Waals surface area contributed by atoms with Crippen molar-refractivity contribution in [2.24, 2.45) is 5.10 Å². The van der Waals surface area contributed by atoms with E-state index < -0.39 is 0 Å². The van der Waals surface area contributed by atoms with Crippen molar-refractivity contribution in [3.8, 4) is 5.75 Å². The largest absolute Gasteiger partial charge is 0.497 e. The van der Waals surface area contributed by atoms with Gasteiger partial charge in [0.25, 0.3) is 0 Å². The molecule has 0 aromatic heterocycles.